The van der Waals surface area contributed by atoms with Gasteiger partial charge in [-0.3, -0.25) is 0 Å². The van der Waals surface area contributed by atoms with Crippen LogP contribution in [0.3, 0.4) is 0 Å². The van der Waals surface area contributed by atoms with Crippen molar-refractivity contribution in [1.29, 1.82) is 0 Å². The van der Waals surface area contributed by atoms with Gasteiger partial charge >= 0.3 is 0 Å². The van der Waals surface area contributed by atoms with Gasteiger partial charge in [0.1, 0.15) is 0 Å². The van der Waals surface area contributed by atoms with Gasteiger partial charge in [0.05, 0.1) is 17.7 Å². The minimum atomic E-state index is -3.66. The largest absolute Gasteiger partial charge is 0.477 e. The van der Waals surface area contributed by atoms with Crippen LogP contribution in [-0.2, 0) is 15.8 Å². The first kappa shape index (κ1) is 17.4. The predicted molar refractivity (Wildman–Crippen MR) is 101 cm³/mol. The number of rotatable bonds is 5. The molecule has 3 aromatic rings. The van der Waals surface area contributed by atoms with Crippen LogP contribution < -0.4 is 4.74 Å². The molecule has 2 aromatic heterocycles. The van der Waals surface area contributed by atoms with E-state index in [0.717, 1.165) is 3.97 Å². The van der Waals surface area contributed by atoms with Crippen molar-refractivity contribution in [2.75, 3.05) is 6.61 Å². The zero-order valence-electron chi connectivity index (χ0n) is 12.6. The van der Waals surface area contributed by atoms with Crippen LogP contribution in [0.2, 0.25) is 5.28 Å². The zero-order chi connectivity index (χ0) is 17.3. The van der Waals surface area contributed by atoms with Gasteiger partial charge in [-0.05, 0) is 46.7 Å². The van der Waals surface area contributed by atoms with E-state index in [-0.39, 0.29) is 22.6 Å². The molecule has 0 atom stereocenters. The number of aromatic nitrogens is 3. The molecule has 2 heterocycles. The molecule has 0 fully saturated rings. The van der Waals surface area contributed by atoms with Gasteiger partial charge in [0.15, 0.2) is 5.65 Å². The van der Waals surface area contributed by atoms with Crippen molar-refractivity contribution in [3.8, 4) is 5.88 Å². The highest BCUT2D eigenvalue weighted by molar-refractivity contribution is 14.1. The van der Waals surface area contributed by atoms with E-state index in [1.807, 2.05) is 35.6 Å². The Bertz CT molecular complexity index is 990. The summed E-state index contributed by atoms with van der Waals surface area (Å²) in [5.74, 6) is 0.143. The maximum Gasteiger partial charge on any atom is 0.244 e. The molecule has 0 unspecified atom stereocenters. The van der Waals surface area contributed by atoms with Crippen molar-refractivity contribution in [2.24, 2.45) is 0 Å². The van der Waals surface area contributed by atoms with E-state index in [1.165, 1.54) is 6.20 Å². The standard InChI is InChI=1S/C15H13ClIN3O3S/c1-2-23-14-12-11(17)8-20(13(12)18-15(16)19-14)24(21,22)9-10-6-4-3-5-7-10/h3-8H,2,9H2,1H3. The molecule has 1 aromatic carbocycles. The summed E-state index contributed by atoms with van der Waals surface area (Å²) in [5.41, 5.74) is 0.915. The van der Waals surface area contributed by atoms with Crippen LogP contribution in [-0.4, -0.2) is 29.0 Å². The van der Waals surface area contributed by atoms with E-state index >= 15 is 0 Å². The van der Waals surface area contributed by atoms with Crippen molar-refractivity contribution in [3.05, 3.63) is 50.9 Å². The Morgan fingerprint density at radius 3 is 2.62 bits per heavy atom. The van der Waals surface area contributed by atoms with E-state index in [2.05, 4.69) is 9.97 Å². The lowest BCUT2D eigenvalue weighted by Gasteiger charge is -2.08. The fourth-order valence-corrected chi connectivity index (χ4v) is 4.82. The molecule has 0 bridgehead atoms. The molecule has 9 heteroatoms. The summed E-state index contributed by atoms with van der Waals surface area (Å²) in [4.78, 5) is 8.15. The predicted octanol–water partition coefficient (Wildman–Crippen LogP) is 3.47. The summed E-state index contributed by atoms with van der Waals surface area (Å²) in [5, 5.41) is 0.482. The molecule has 126 valence electrons. The molecule has 0 aliphatic carbocycles. The summed E-state index contributed by atoms with van der Waals surface area (Å²) < 4.78 is 33.0. The Kier molecular flexibility index (Phi) is 4.97. The van der Waals surface area contributed by atoms with Crippen molar-refractivity contribution < 1.29 is 13.2 Å². The monoisotopic (exact) mass is 477 g/mol. The molecule has 0 saturated heterocycles. The second kappa shape index (κ2) is 6.85. The van der Waals surface area contributed by atoms with Crippen LogP contribution in [0.1, 0.15) is 12.5 Å². The van der Waals surface area contributed by atoms with Crippen molar-refractivity contribution in [1.82, 2.24) is 13.9 Å². The average Bonchev–Trinajstić information content (AvgIpc) is 2.86. The summed E-state index contributed by atoms with van der Waals surface area (Å²) in [6, 6.07) is 8.97. The molecule has 24 heavy (non-hydrogen) atoms. The highest BCUT2D eigenvalue weighted by Crippen LogP contribution is 2.31. The Labute approximate surface area is 158 Å². The van der Waals surface area contributed by atoms with Crippen LogP contribution in [0, 0.1) is 3.57 Å². The highest BCUT2D eigenvalue weighted by atomic mass is 127. The van der Waals surface area contributed by atoms with Crippen LogP contribution in [0.4, 0.5) is 0 Å². The number of nitrogens with zero attached hydrogens (tertiary/aromatic N) is 3. The summed E-state index contributed by atoms with van der Waals surface area (Å²) in [6.07, 6.45) is 1.51. The zero-order valence-corrected chi connectivity index (χ0v) is 16.3. The van der Waals surface area contributed by atoms with Crippen molar-refractivity contribution >= 4 is 55.2 Å². The Morgan fingerprint density at radius 1 is 1.25 bits per heavy atom. The van der Waals surface area contributed by atoms with Gasteiger partial charge in [-0.1, -0.05) is 30.3 Å². The van der Waals surface area contributed by atoms with Gasteiger partial charge in [-0.15, -0.1) is 0 Å². The van der Waals surface area contributed by atoms with Crippen molar-refractivity contribution in [2.45, 2.75) is 12.7 Å². The van der Waals surface area contributed by atoms with Crippen LogP contribution >= 0.6 is 34.2 Å². The maximum atomic E-state index is 12.8. The van der Waals surface area contributed by atoms with E-state index < -0.39 is 10.0 Å². The lowest BCUT2D eigenvalue weighted by atomic mass is 10.2. The normalized spacial score (nSPS) is 11.8. The molecule has 0 amide bonds. The molecule has 0 N–H and O–H groups in total. The molecule has 0 aliphatic rings. The number of halogens is 2. The van der Waals surface area contributed by atoms with Crippen molar-refractivity contribution in [3.63, 3.8) is 0 Å². The number of benzene rings is 1. The molecule has 6 nitrogen and oxygen atoms in total. The molecule has 0 aliphatic heterocycles. The topological polar surface area (TPSA) is 74.1 Å². The molecular formula is C15H13ClIN3O3S. The van der Waals surface area contributed by atoms with Crippen LogP contribution in [0.5, 0.6) is 5.88 Å². The quantitative estimate of drug-likeness (QED) is 0.416. The third kappa shape index (κ3) is 3.35. The van der Waals surface area contributed by atoms with Crippen LogP contribution in [0.25, 0.3) is 11.0 Å². The van der Waals surface area contributed by atoms with Gasteiger partial charge in [0, 0.05) is 9.77 Å². The lowest BCUT2D eigenvalue weighted by Crippen LogP contribution is -2.15. The Hall–Kier alpha value is -1.39. The average molecular weight is 478 g/mol. The smallest absolute Gasteiger partial charge is 0.244 e. The summed E-state index contributed by atoms with van der Waals surface area (Å²) in [7, 11) is -3.66. The van der Waals surface area contributed by atoms with Gasteiger partial charge in [-0.25, -0.2) is 12.4 Å². The minimum Gasteiger partial charge on any atom is -0.477 e. The van der Waals surface area contributed by atoms with E-state index in [0.29, 0.717) is 21.1 Å². The first-order chi connectivity index (χ1) is 11.4. The Morgan fingerprint density at radius 2 is 1.96 bits per heavy atom. The van der Waals surface area contributed by atoms with E-state index in [9.17, 15) is 8.42 Å². The third-order valence-electron chi connectivity index (χ3n) is 3.28. The Balaban J connectivity index is 2.16. The van der Waals surface area contributed by atoms with Gasteiger partial charge in [0.2, 0.25) is 21.2 Å². The molecule has 0 spiro atoms. The van der Waals surface area contributed by atoms with E-state index in [4.69, 9.17) is 16.3 Å². The van der Waals surface area contributed by atoms with E-state index in [1.54, 1.807) is 24.3 Å². The van der Waals surface area contributed by atoms with Gasteiger partial charge in [0.25, 0.3) is 0 Å². The molecular weight excluding hydrogens is 465 g/mol. The van der Waals surface area contributed by atoms with Gasteiger partial charge in [-0.2, -0.15) is 9.97 Å². The first-order valence-corrected chi connectivity index (χ1v) is 10.1. The first-order valence-electron chi connectivity index (χ1n) is 7.06. The fraction of sp³-hybridized carbons (Fsp3) is 0.200. The second-order valence-electron chi connectivity index (χ2n) is 4.94. The molecule has 0 radical (unpaired) electrons. The number of ether oxygens (including phenoxy) is 1. The number of hydrogen-bond acceptors (Lipinski definition) is 5. The minimum absolute atomic E-state index is 0.0587. The third-order valence-corrected chi connectivity index (χ3v) is 5.84. The highest BCUT2D eigenvalue weighted by Gasteiger charge is 2.23. The lowest BCUT2D eigenvalue weighted by molar-refractivity contribution is 0.331. The van der Waals surface area contributed by atoms with Gasteiger partial charge < -0.3 is 4.74 Å². The number of hydrogen-bond donors (Lipinski definition) is 0. The fourth-order valence-electron chi connectivity index (χ4n) is 2.31. The number of fused-ring (bicyclic) bond motifs is 1. The SMILES string of the molecule is CCOc1nc(Cl)nc2c1c(I)cn2S(=O)(=O)Cc1ccccc1. The summed E-state index contributed by atoms with van der Waals surface area (Å²) in [6.45, 7) is 2.21. The summed E-state index contributed by atoms with van der Waals surface area (Å²) >= 11 is 7.98. The second-order valence-corrected chi connectivity index (χ2v) is 8.29. The maximum absolute atomic E-state index is 12.8. The molecule has 0 saturated carbocycles. The molecule has 3 rings (SSSR count). The van der Waals surface area contributed by atoms with Crippen LogP contribution in [0.15, 0.2) is 36.5 Å².